The molecule has 3 aromatic carbocycles. The van der Waals surface area contributed by atoms with Crippen molar-refractivity contribution in [3.8, 4) is 0 Å². The van der Waals surface area contributed by atoms with Crippen LogP contribution in [0.4, 0.5) is 31.0 Å². The number of fused-ring (bicyclic) bond motifs is 1. The Kier molecular flexibility index (Phi) is 14.2. The summed E-state index contributed by atoms with van der Waals surface area (Å²) < 4.78 is 32.4. The summed E-state index contributed by atoms with van der Waals surface area (Å²) in [6.45, 7) is 2.11. The maximum Gasteiger partial charge on any atom is 0.410 e. The van der Waals surface area contributed by atoms with E-state index in [9.17, 15) is 54.6 Å². The number of hydrogen-bond acceptors (Lipinski definition) is 15. The number of aliphatic hydroxyl groups is 1. The van der Waals surface area contributed by atoms with Crippen LogP contribution < -0.4 is 0 Å². The molecule has 63 heavy (non-hydrogen) atoms. The number of benzene rings is 3. The molecule has 0 radical (unpaired) electrons. The fourth-order valence-electron chi connectivity index (χ4n) is 7.84. The lowest BCUT2D eigenvalue weighted by Crippen LogP contribution is -2.63. The Morgan fingerprint density at radius 1 is 0.841 bits per heavy atom. The van der Waals surface area contributed by atoms with E-state index in [1.807, 2.05) is 0 Å². The van der Waals surface area contributed by atoms with Crippen LogP contribution in [0.3, 0.4) is 0 Å². The molecule has 0 spiro atoms. The number of rotatable bonds is 17. The minimum Gasteiger partial charge on any atom is -0.456 e. The van der Waals surface area contributed by atoms with Crippen molar-refractivity contribution < 1.29 is 57.7 Å². The molecule has 2 saturated heterocycles. The third-order valence-corrected chi connectivity index (χ3v) is 12.5. The molecule has 0 saturated carbocycles. The van der Waals surface area contributed by atoms with E-state index in [2.05, 4.69) is 0 Å². The Morgan fingerprint density at radius 3 is 1.79 bits per heavy atom. The molecule has 1 unspecified atom stereocenters. The first-order chi connectivity index (χ1) is 29.9. The fourth-order valence-corrected chi connectivity index (χ4v) is 9.40. The zero-order chi connectivity index (χ0) is 45.7. The Bertz CT molecular complexity index is 2280. The van der Waals surface area contributed by atoms with Crippen molar-refractivity contribution >= 4 is 52.9 Å². The number of ether oxygens (including phenoxy) is 3. The number of β-lactam (4-membered cyclic amide) rings is 1. The summed E-state index contributed by atoms with van der Waals surface area (Å²) in [6, 6.07) is 14.8. The number of aliphatic hydroxyl groups excluding tert-OH is 1. The van der Waals surface area contributed by atoms with Gasteiger partial charge in [-0.3, -0.25) is 35.1 Å². The molecule has 3 heterocycles. The number of non-ortho nitro benzene ring substituents is 3. The van der Waals surface area contributed by atoms with Crippen LogP contribution in [-0.2, 0) is 43.6 Å². The van der Waals surface area contributed by atoms with Crippen LogP contribution in [-0.4, -0.2) is 108 Å². The first-order valence-electron chi connectivity index (χ1n) is 19.7. The van der Waals surface area contributed by atoms with Crippen molar-refractivity contribution in [2.45, 2.75) is 76.1 Å². The Morgan fingerprint density at radius 2 is 1.32 bits per heavy atom. The van der Waals surface area contributed by atoms with E-state index in [1.165, 1.54) is 108 Å². The van der Waals surface area contributed by atoms with Gasteiger partial charge >= 0.3 is 18.2 Å². The lowest BCUT2D eigenvalue weighted by Gasteiger charge is -2.46. The van der Waals surface area contributed by atoms with Gasteiger partial charge in [0.2, 0.25) is 5.91 Å². The molecule has 3 aliphatic rings. The molecule has 0 aliphatic carbocycles. The monoisotopic (exact) mass is 894 g/mol. The van der Waals surface area contributed by atoms with Gasteiger partial charge < -0.3 is 34.0 Å². The van der Waals surface area contributed by atoms with Gasteiger partial charge in [-0.2, -0.15) is 0 Å². The lowest BCUT2D eigenvalue weighted by molar-refractivity contribution is -0.385. The highest BCUT2D eigenvalue weighted by Gasteiger charge is 2.60. The zero-order valence-corrected chi connectivity index (χ0v) is 35.0. The summed E-state index contributed by atoms with van der Waals surface area (Å²) in [4.78, 5) is 89.3. The van der Waals surface area contributed by atoms with Crippen LogP contribution in [0, 0.1) is 42.2 Å². The Balaban J connectivity index is 1.17. The van der Waals surface area contributed by atoms with Gasteiger partial charge in [0.15, 0.2) is 0 Å². The number of halogens is 1. The van der Waals surface area contributed by atoms with Gasteiger partial charge in [-0.25, -0.2) is 18.8 Å². The molecule has 1 N–H and O–H groups in total. The van der Waals surface area contributed by atoms with E-state index in [4.69, 9.17) is 14.2 Å². The number of nitro benzene ring substituents is 3. The molecular formula is C41H43FN6O14S. The predicted octanol–water partition coefficient (Wildman–Crippen LogP) is 6.03. The van der Waals surface area contributed by atoms with Gasteiger partial charge in [-0.05, 0) is 66.4 Å². The summed E-state index contributed by atoms with van der Waals surface area (Å²) in [5.41, 5.74) is 0.895. The van der Waals surface area contributed by atoms with E-state index in [0.29, 0.717) is 21.6 Å². The highest BCUT2D eigenvalue weighted by Crippen LogP contribution is 2.52. The first-order valence-corrected chi connectivity index (χ1v) is 20.6. The topological polar surface area (TPSA) is 255 Å². The molecule has 0 aromatic heterocycles. The van der Waals surface area contributed by atoms with Gasteiger partial charge in [0.1, 0.15) is 31.7 Å². The summed E-state index contributed by atoms with van der Waals surface area (Å²) in [5, 5.41) is 43.2. The van der Waals surface area contributed by atoms with Crippen molar-refractivity contribution in [2.24, 2.45) is 11.8 Å². The minimum absolute atomic E-state index is 0.00799. The highest BCUT2D eigenvalue weighted by atomic mass is 32.2. The average molecular weight is 895 g/mol. The van der Waals surface area contributed by atoms with Crippen molar-refractivity contribution in [1.29, 1.82) is 0 Å². The summed E-state index contributed by atoms with van der Waals surface area (Å²) >= 11 is 1.22. The summed E-state index contributed by atoms with van der Waals surface area (Å²) in [6.07, 6.45) is -4.44. The second kappa shape index (κ2) is 19.6. The molecule has 2 fully saturated rings. The number of nitrogens with zero attached hydrogens (tertiary/aromatic N) is 6. The average Bonchev–Trinajstić information content (AvgIpc) is 3.75. The highest BCUT2D eigenvalue weighted by molar-refractivity contribution is 8.03. The van der Waals surface area contributed by atoms with E-state index >= 15 is 4.39 Å². The zero-order valence-electron chi connectivity index (χ0n) is 34.1. The van der Waals surface area contributed by atoms with Gasteiger partial charge in [0, 0.05) is 78.5 Å². The minimum atomic E-state index is -1.68. The molecule has 22 heteroatoms. The second-order valence-electron chi connectivity index (χ2n) is 15.4. The van der Waals surface area contributed by atoms with Gasteiger partial charge in [-0.1, -0.05) is 6.92 Å². The maximum atomic E-state index is 15.9. The van der Waals surface area contributed by atoms with Gasteiger partial charge in [-0.15, -0.1) is 11.8 Å². The number of thioether (sulfide) groups is 1. The molecule has 0 bridgehead atoms. The van der Waals surface area contributed by atoms with Crippen LogP contribution in [0.15, 0.2) is 83.4 Å². The predicted molar refractivity (Wildman–Crippen MR) is 220 cm³/mol. The number of carbonyl (C=O) groups is 4. The molecule has 3 aliphatic heterocycles. The van der Waals surface area contributed by atoms with E-state index < -0.39 is 86.8 Å². The van der Waals surface area contributed by atoms with E-state index in [1.54, 1.807) is 6.92 Å². The number of carbonyl (C=O) groups excluding carboxylic acids is 4. The molecule has 334 valence electrons. The van der Waals surface area contributed by atoms with Gasteiger partial charge in [0.05, 0.1) is 39.4 Å². The molecule has 3 amide bonds. The normalized spacial score (nSPS) is 21.2. The van der Waals surface area contributed by atoms with Gasteiger partial charge in [0.25, 0.3) is 17.1 Å². The standard InChI is InChI=1S/C41H43FN6O14S/c1-23-35-34(24(2)49)38(50)45(35)36(39(51)60-20-25-4-10-29(11-5-25)46(54)55)37(23)63-33-17-32(44(19-33)41(53)62-22-27-8-14-31(15-9-27)48(58)59)16-28(42)18-43(3)40(52)61-21-26-6-12-30(13-7-26)47(56)57/h4-15,23-24,28,32-35,49H,16-22H2,1-3H3/t23-,24-,28?,32-,33+,34-,35-/m1/s1. The second-order valence-corrected chi connectivity index (χ2v) is 16.8. The summed E-state index contributed by atoms with van der Waals surface area (Å²) in [5.74, 6) is -2.58. The van der Waals surface area contributed by atoms with Crippen molar-refractivity contribution in [1.82, 2.24) is 14.7 Å². The number of likely N-dealkylation sites (tertiary alicyclic amines) is 1. The van der Waals surface area contributed by atoms with Crippen LogP contribution in [0.1, 0.15) is 43.4 Å². The molecule has 6 rings (SSSR count). The largest absolute Gasteiger partial charge is 0.456 e. The first kappa shape index (κ1) is 45.8. The third-order valence-electron chi connectivity index (χ3n) is 11.1. The number of amides is 3. The van der Waals surface area contributed by atoms with Crippen molar-refractivity contribution in [3.05, 3.63) is 130 Å². The van der Waals surface area contributed by atoms with Crippen molar-refractivity contribution in [3.63, 3.8) is 0 Å². The number of nitro groups is 3. The number of alkyl halides is 1. The fraction of sp³-hybridized carbons (Fsp3) is 0.415. The molecule has 3 aromatic rings. The summed E-state index contributed by atoms with van der Waals surface area (Å²) in [7, 11) is 1.33. The quantitative estimate of drug-likeness (QED) is 0.0533. The van der Waals surface area contributed by atoms with Crippen LogP contribution in [0.2, 0.25) is 0 Å². The maximum absolute atomic E-state index is 15.9. The lowest BCUT2D eigenvalue weighted by atomic mass is 9.79. The van der Waals surface area contributed by atoms with E-state index in [0.717, 1.165) is 4.90 Å². The van der Waals surface area contributed by atoms with Crippen LogP contribution >= 0.6 is 11.8 Å². The van der Waals surface area contributed by atoms with E-state index in [-0.39, 0.29) is 62.0 Å². The number of esters is 1. The van der Waals surface area contributed by atoms with Crippen LogP contribution in [0.5, 0.6) is 0 Å². The third kappa shape index (κ3) is 10.5. The van der Waals surface area contributed by atoms with Crippen LogP contribution in [0.25, 0.3) is 0 Å². The van der Waals surface area contributed by atoms with Crippen molar-refractivity contribution in [2.75, 3.05) is 20.1 Å². The number of hydrogen-bond donors (Lipinski definition) is 1. The molecule has 7 atom stereocenters. The Labute approximate surface area is 363 Å². The smallest absolute Gasteiger partial charge is 0.410 e. The SMILES string of the molecule is C[C@@H](O)[C@H]1C(=O)N2C(C(=O)OCc3ccc([N+](=O)[O-])cc3)=C(S[C@H]3C[C@@H](CC(F)CN(C)C(=O)OCc4ccc([N+](=O)[O-])cc4)N(C(=O)OCc4ccc([N+](=O)[O-])cc4)C3)[C@H](C)[C@H]12. The molecule has 20 nitrogen and oxygen atoms in total. The molecular weight excluding hydrogens is 852 g/mol. The Hall–Kier alpha value is -6.68.